The van der Waals surface area contributed by atoms with Crippen LogP contribution in [0.1, 0.15) is 53.6 Å². The number of amides is 2. The van der Waals surface area contributed by atoms with Crippen LogP contribution in [0.5, 0.6) is 0 Å². The standard InChI is InChI=1S/C37H44N6O3/c1-24-18-29(37(46)43-16-14-39-15-17-43)11-13-33(24)27-6-2-25(3-7-27)19-31(20-35(44)28-8-4-26(22-38)5-9-28)36(45)41-32-12-10-30-23-40-42-34(30)21-32/h2-3,6-7,10-13,18,21,23,26,28,31,39H,4-5,8-9,14-17,19-20,22,38H2,1H3,(H,40,42)(H,41,45)/t26?,28?,31-/m1/s1. The fourth-order valence-corrected chi connectivity index (χ4v) is 6.92. The van der Waals surface area contributed by atoms with Gasteiger partial charge in [0.25, 0.3) is 5.91 Å². The number of carbonyl (C=O) groups is 3. The topological polar surface area (TPSA) is 133 Å². The van der Waals surface area contributed by atoms with Crippen molar-refractivity contribution in [2.75, 3.05) is 38.0 Å². The van der Waals surface area contributed by atoms with Crippen molar-refractivity contribution >= 4 is 34.2 Å². The number of aryl methyl sites for hydroxylation is 1. The second kappa shape index (κ2) is 14.4. The number of ketones is 1. The Balaban J connectivity index is 1.16. The molecule has 46 heavy (non-hydrogen) atoms. The molecule has 0 spiro atoms. The number of benzene rings is 3. The first-order valence-corrected chi connectivity index (χ1v) is 16.5. The van der Waals surface area contributed by atoms with E-state index in [4.69, 9.17) is 5.73 Å². The quantitative estimate of drug-likeness (QED) is 0.195. The number of nitrogens with one attached hydrogen (secondary N) is 3. The number of nitrogens with two attached hydrogens (primary N) is 1. The van der Waals surface area contributed by atoms with Crippen molar-refractivity contribution in [2.45, 2.75) is 45.4 Å². The Morgan fingerprint density at radius 1 is 0.978 bits per heavy atom. The monoisotopic (exact) mass is 620 g/mol. The number of hydrogen-bond acceptors (Lipinski definition) is 6. The average molecular weight is 621 g/mol. The molecule has 1 aromatic heterocycles. The Morgan fingerprint density at radius 3 is 2.46 bits per heavy atom. The van der Waals surface area contributed by atoms with Gasteiger partial charge in [-0.25, -0.2) is 0 Å². The van der Waals surface area contributed by atoms with E-state index in [0.717, 1.165) is 85.0 Å². The summed E-state index contributed by atoms with van der Waals surface area (Å²) in [5, 5.41) is 14.3. The molecule has 0 bridgehead atoms. The Morgan fingerprint density at radius 2 is 1.74 bits per heavy atom. The number of Topliss-reactive ketones (excluding diaryl/α,β-unsaturated/α-hetero) is 1. The lowest BCUT2D eigenvalue weighted by atomic mass is 9.77. The number of rotatable bonds is 10. The van der Waals surface area contributed by atoms with Crippen molar-refractivity contribution in [3.8, 4) is 11.1 Å². The van der Waals surface area contributed by atoms with Crippen molar-refractivity contribution in [3.63, 3.8) is 0 Å². The van der Waals surface area contributed by atoms with Gasteiger partial charge in [-0.1, -0.05) is 30.3 Å². The van der Waals surface area contributed by atoms with Gasteiger partial charge in [0.2, 0.25) is 5.91 Å². The summed E-state index contributed by atoms with van der Waals surface area (Å²) in [5.74, 6) is 0.0648. The first-order chi connectivity index (χ1) is 22.4. The summed E-state index contributed by atoms with van der Waals surface area (Å²) in [5.41, 5.74) is 12.2. The Kier molecular flexibility index (Phi) is 9.90. The third-order valence-electron chi connectivity index (χ3n) is 9.79. The molecule has 2 heterocycles. The van der Waals surface area contributed by atoms with Crippen LogP contribution in [0.4, 0.5) is 5.69 Å². The smallest absolute Gasteiger partial charge is 0.253 e. The highest BCUT2D eigenvalue weighted by Crippen LogP contribution is 2.32. The highest BCUT2D eigenvalue weighted by atomic mass is 16.2. The number of aromatic nitrogens is 2. The van der Waals surface area contributed by atoms with Crippen molar-refractivity contribution in [2.24, 2.45) is 23.5 Å². The molecule has 3 aromatic carbocycles. The van der Waals surface area contributed by atoms with Gasteiger partial charge in [-0.15, -0.1) is 0 Å². The molecule has 0 unspecified atom stereocenters. The number of fused-ring (bicyclic) bond motifs is 1. The number of aromatic amines is 1. The lowest BCUT2D eigenvalue weighted by Crippen LogP contribution is -2.46. The molecule has 1 saturated heterocycles. The molecule has 9 heteroatoms. The van der Waals surface area contributed by atoms with Crippen LogP contribution < -0.4 is 16.4 Å². The maximum Gasteiger partial charge on any atom is 0.253 e. The third-order valence-corrected chi connectivity index (χ3v) is 9.79. The van der Waals surface area contributed by atoms with E-state index in [-0.39, 0.29) is 29.9 Å². The average Bonchev–Trinajstić information content (AvgIpc) is 3.56. The number of hydrogen-bond donors (Lipinski definition) is 4. The van der Waals surface area contributed by atoms with E-state index in [1.54, 1.807) is 6.20 Å². The minimum atomic E-state index is -0.500. The molecule has 5 N–H and O–H groups in total. The van der Waals surface area contributed by atoms with Gasteiger partial charge in [0.05, 0.1) is 11.7 Å². The maximum atomic E-state index is 13.7. The van der Waals surface area contributed by atoms with E-state index < -0.39 is 5.92 Å². The molecule has 1 saturated carbocycles. The molecule has 4 aromatic rings. The summed E-state index contributed by atoms with van der Waals surface area (Å²) in [6, 6.07) is 19.8. The molecule has 9 nitrogen and oxygen atoms in total. The minimum Gasteiger partial charge on any atom is -0.336 e. The third kappa shape index (κ3) is 7.37. The number of nitrogens with zero attached hydrogens (tertiary/aromatic N) is 2. The van der Waals surface area contributed by atoms with Crippen LogP contribution in [0.15, 0.2) is 66.9 Å². The van der Waals surface area contributed by atoms with Crippen LogP contribution in [0.2, 0.25) is 0 Å². The van der Waals surface area contributed by atoms with Crippen LogP contribution >= 0.6 is 0 Å². The van der Waals surface area contributed by atoms with Gasteiger partial charge < -0.3 is 21.3 Å². The van der Waals surface area contributed by atoms with Gasteiger partial charge in [-0.05, 0) is 104 Å². The molecular weight excluding hydrogens is 576 g/mol. The number of carbonyl (C=O) groups excluding carboxylic acids is 3. The molecule has 6 rings (SSSR count). The zero-order valence-electron chi connectivity index (χ0n) is 26.6. The van der Waals surface area contributed by atoms with Crippen LogP contribution in [0.25, 0.3) is 22.0 Å². The molecule has 1 aliphatic heterocycles. The molecule has 0 radical (unpaired) electrons. The van der Waals surface area contributed by atoms with Gasteiger partial charge in [0, 0.05) is 61.1 Å². The van der Waals surface area contributed by atoms with Crippen molar-refractivity contribution < 1.29 is 14.4 Å². The molecule has 2 fully saturated rings. The highest BCUT2D eigenvalue weighted by Gasteiger charge is 2.30. The van der Waals surface area contributed by atoms with Crippen LogP contribution in [-0.2, 0) is 16.0 Å². The summed E-state index contributed by atoms with van der Waals surface area (Å²) < 4.78 is 0. The first kappa shape index (κ1) is 31.6. The normalized spacial score (nSPS) is 19.1. The number of anilines is 1. The Labute approximate surface area is 270 Å². The van der Waals surface area contributed by atoms with Crippen molar-refractivity contribution in [1.82, 2.24) is 20.4 Å². The van der Waals surface area contributed by atoms with Crippen molar-refractivity contribution in [1.29, 1.82) is 0 Å². The zero-order valence-corrected chi connectivity index (χ0v) is 26.6. The van der Waals surface area contributed by atoms with Crippen molar-refractivity contribution in [3.05, 3.63) is 83.6 Å². The van der Waals surface area contributed by atoms with Gasteiger partial charge in [-0.3, -0.25) is 19.5 Å². The minimum absolute atomic E-state index is 0.00812. The van der Waals surface area contributed by atoms with E-state index in [1.165, 1.54) is 0 Å². The van der Waals surface area contributed by atoms with E-state index >= 15 is 0 Å². The molecule has 2 amide bonds. The summed E-state index contributed by atoms with van der Waals surface area (Å²) in [6.07, 6.45) is 6.05. The second-order valence-corrected chi connectivity index (χ2v) is 13.0. The van der Waals surface area contributed by atoms with Gasteiger partial charge in [0.15, 0.2) is 0 Å². The Bertz CT molecular complexity index is 1680. The van der Waals surface area contributed by atoms with E-state index in [1.807, 2.05) is 60.4 Å². The predicted molar refractivity (Wildman–Crippen MR) is 181 cm³/mol. The maximum absolute atomic E-state index is 13.7. The number of piperazine rings is 1. The predicted octanol–water partition coefficient (Wildman–Crippen LogP) is 5.11. The van der Waals surface area contributed by atoms with E-state index in [0.29, 0.717) is 30.1 Å². The largest absolute Gasteiger partial charge is 0.336 e. The SMILES string of the molecule is Cc1cc(C(=O)N2CCNCC2)ccc1-c1ccc(C[C@H](CC(=O)C2CCC(CN)CC2)C(=O)Nc2ccc3cn[nH]c3c2)cc1. The highest BCUT2D eigenvalue weighted by molar-refractivity contribution is 5.98. The fraction of sp³-hybridized carbons (Fsp3) is 0.405. The lowest BCUT2D eigenvalue weighted by Gasteiger charge is -2.28. The van der Waals surface area contributed by atoms with E-state index in [2.05, 4.69) is 33.0 Å². The van der Waals surface area contributed by atoms with Crippen LogP contribution in [0, 0.1) is 24.7 Å². The van der Waals surface area contributed by atoms with Crippen LogP contribution in [0.3, 0.4) is 0 Å². The lowest BCUT2D eigenvalue weighted by molar-refractivity contribution is -0.129. The second-order valence-electron chi connectivity index (χ2n) is 13.0. The molecule has 240 valence electrons. The summed E-state index contributed by atoms with van der Waals surface area (Å²) >= 11 is 0. The van der Waals surface area contributed by atoms with Gasteiger partial charge in [0.1, 0.15) is 5.78 Å². The molecule has 1 aliphatic carbocycles. The fourth-order valence-electron chi connectivity index (χ4n) is 6.92. The molecule has 2 aliphatic rings. The zero-order chi connectivity index (χ0) is 32.0. The van der Waals surface area contributed by atoms with Gasteiger partial charge >= 0.3 is 0 Å². The summed E-state index contributed by atoms with van der Waals surface area (Å²) in [7, 11) is 0. The first-order valence-electron chi connectivity index (χ1n) is 16.5. The molecule has 1 atom stereocenters. The summed E-state index contributed by atoms with van der Waals surface area (Å²) in [4.78, 5) is 42.1. The summed E-state index contributed by atoms with van der Waals surface area (Å²) in [6.45, 7) is 5.79. The van der Waals surface area contributed by atoms with E-state index in [9.17, 15) is 14.4 Å². The molecular formula is C37H44N6O3. The van der Waals surface area contributed by atoms with Crippen LogP contribution in [-0.4, -0.2) is 65.4 Å². The van der Waals surface area contributed by atoms with Gasteiger partial charge in [-0.2, -0.15) is 5.10 Å². The number of H-pyrrole nitrogens is 1. The Hall–Kier alpha value is -4.34.